The molecule has 0 aliphatic carbocycles. The van der Waals surface area contributed by atoms with Crippen molar-refractivity contribution in [1.82, 2.24) is 5.32 Å². The number of nitrogens with one attached hydrogen (secondary N) is 2. The molecule has 0 saturated carbocycles. The largest absolute Gasteiger partial charge is 0.468 e. The van der Waals surface area contributed by atoms with Gasteiger partial charge in [0.2, 0.25) is 11.8 Å². The summed E-state index contributed by atoms with van der Waals surface area (Å²) in [4.78, 5) is 34.7. The lowest BCUT2D eigenvalue weighted by Gasteiger charge is -2.13. The number of benzene rings is 1. The van der Waals surface area contributed by atoms with Gasteiger partial charge in [-0.05, 0) is 31.0 Å². The van der Waals surface area contributed by atoms with Gasteiger partial charge < -0.3 is 15.4 Å². The van der Waals surface area contributed by atoms with E-state index < -0.39 is 27.0 Å². The second-order valence-corrected chi connectivity index (χ2v) is 8.17. The molecule has 0 bridgehead atoms. The van der Waals surface area contributed by atoms with Gasteiger partial charge in [-0.15, -0.1) is 0 Å². The van der Waals surface area contributed by atoms with Crippen LogP contribution in [-0.4, -0.2) is 50.9 Å². The van der Waals surface area contributed by atoms with Crippen LogP contribution in [0.5, 0.6) is 0 Å². The molecular formula is C17H24N2O6S. The van der Waals surface area contributed by atoms with E-state index in [1.807, 2.05) is 0 Å². The van der Waals surface area contributed by atoms with Crippen molar-refractivity contribution in [3.8, 4) is 0 Å². The molecule has 0 radical (unpaired) electrons. The standard InChI is InChI=1S/C17H24N2O6S/c1-4-9-26(23,24)12(2)17(22)19-14-7-5-13(6-8-14)10-15(20)18-11-16(21)25-3/h5-8,12H,4,9-11H2,1-3H3,(H,18,20)(H,19,22). The number of carbonyl (C=O) groups is 3. The van der Waals surface area contributed by atoms with E-state index in [2.05, 4.69) is 15.4 Å². The summed E-state index contributed by atoms with van der Waals surface area (Å²) in [5, 5.41) is 3.84. The Hall–Kier alpha value is -2.42. The number of anilines is 1. The molecule has 144 valence electrons. The predicted octanol–water partition coefficient (Wildman–Crippen LogP) is 0.670. The smallest absolute Gasteiger partial charge is 0.325 e. The number of carbonyl (C=O) groups excluding carboxylic acids is 3. The van der Waals surface area contributed by atoms with Gasteiger partial charge in [0.25, 0.3) is 0 Å². The maximum Gasteiger partial charge on any atom is 0.325 e. The first-order valence-corrected chi connectivity index (χ1v) is 9.86. The molecular weight excluding hydrogens is 360 g/mol. The van der Waals surface area contributed by atoms with Gasteiger partial charge in [0.1, 0.15) is 11.8 Å². The van der Waals surface area contributed by atoms with E-state index in [4.69, 9.17) is 0 Å². The summed E-state index contributed by atoms with van der Waals surface area (Å²) in [7, 11) is -2.24. The molecule has 1 aromatic rings. The molecule has 1 aromatic carbocycles. The van der Waals surface area contributed by atoms with E-state index in [0.717, 1.165) is 0 Å². The normalized spacial score (nSPS) is 12.1. The van der Waals surface area contributed by atoms with Crippen LogP contribution < -0.4 is 10.6 Å². The minimum Gasteiger partial charge on any atom is -0.468 e. The number of hydrogen-bond acceptors (Lipinski definition) is 6. The van der Waals surface area contributed by atoms with Crippen LogP contribution in [-0.2, 0) is 35.4 Å². The Kier molecular flexibility index (Phi) is 8.24. The van der Waals surface area contributed by atoms with E-state index in [-0.39, 0.29) is 24.6 Å². The van der Waals surface area contributed by atoms with Gasteiger partial charge in [0.05, 0.1) is 19.3 Å². The third-order valence-electron chi connectivity index (χ3n) is 3.64. The molecule has 0 aliphatic rings. The topological polar surface area (TPSA) is 119 Å². The monoisotopic (exact) mass is 384 g/mol. The highest BCUT2D eigenvalue weighted by atomic mass is 32.2. The summed E-state index contributed by atoms with van der Waals surface area (Å²) >= 11 is 0. The second kappa shape index (κ2) is 9.91. The van der Waals surface area contributed by atoms with Crippen LogP contribution in [0.3, 0.4) is 0 Å². The van der Waals surface area contributed by atoms with Crippen molar-refractivity contribution in [3.05, 3.63) is 29.8 Å². The molecule has 1 atom stereocenters. The third kappa shape index (κ3) is 6.83. The first-order chi connectivity index (χ1) is 12.2. The molecule has 0 aliphatic heterocycles. The molecule has 2 amide bonds. The van der Waals surface area contributed by atoms with Crippen LogP contribution in [0.4, 0.5) is 5.69 Å². The predicted molar refractivity (Wildman–Crippen MR) is 97.3 cm³/mol. The summed E-state index contributed by atoms with van der Waals surface area (Å²) in [6.45, 7) is 2.90. The minimum atomic E-state index is -3.47. The maximum atomic E-state index is 12.1. The Balaban J connectivity index is 2.61. The number of sulfone groups is 1. The maximum absolute atomic E-state index is 12.1. The second-order valence-electron chi connectivity index (χ2n) is 5.73. The van der Waals surface area contributed by atoms with Crippen molar-refractivity contribution >= 4 is 33.3 Å². The minimum absolute atomic E-state index is 0.0405. The quantitative estimate of drug-likeness (QED) is 0.604. The Bertz CT molecular complexity index is 743. The zero-order valence-electron chi connectivity index (χ0n) is 15.1. The average Bonchev–Trinajstić information content (AvgIpc) is 2.60. The van der Waals surface area contributed by atoms with Crippen LogP contribution >= 0.6 is 0 Å². The molecule has 0 aromatic heterocycles. The Morgan fingerprint density at radius 1 is 1.15 bits per heavy atom. The fraction of sp³-hybridized carbons (Fsp3) is 0.471. The van der Waals surface area contributed by atoms with E-state index in [9.17, 15) is 22.8 Å². The Morgan fingerprint density at radius 3 is 2.31 bits per heavy atom. The van der Waals surface area contributed by atoms with Gasteiger partial charge in [0, 0.05) is 5.69 Å². The summed E-state index contributed by atoms with van der Waals surface area (Å²) < 4.78 is 28.3. The zero-order valence-corrected chi connectivity index (χ0v) is 15.9. The molecule has 8 nitrogen and oxygen atoms in total. The van der Waals surface area contributed by atoms with Crippen LogP contribution in [0.1, 0.15) is 25.8 Å². The Labute approximate surface area is 153 Å². The van der Waals surface area contributed by atoms with Gasteiger partial charge >= 0.3 is 5.97 Å². The van der Waals surface area contributed by atoms with Crippen molar-refractivity contribution in [1.29, 1.82) is 0 Å². The average molecular weight is 384 g/mol. The highest BCUT2D eigenvalue weighted by molar-refractivity contribution is 7.92. The van der Waals surface area contributed by atoms with Crippen molar-refractivity contribution in [2.45, 2.75) is 31.9 Å². The number of methoxy groups -OCH3 is 1. The number of rotatable bonds is 9. The van der Waals surface area contributed by atoms with Crippen LogP contribution in [0.15, 0.2) is 24.3 Å². The van der Waals surface area contributed by atoms with Crippen molar-refractivity contribution in [3.63, 3.8) is 0 Å². The van der Waals surface area contributed by atoms with Gasteiger partial charge in [-0.3, -0.25) is 14.4 Å². The van der Waals surface area contributed by atoms with Gasteiger partial charge in [-0.25, -0.2) is 8.42 Å². The summed E-state index contributed by atoms with van der Waals surface area (Å²) in [6, 6.07) is 6.44. The lowest BCUT2D eigenvalue weighted by Crippen LogP contribution is -2.34. The highest BCUT2D eigenvalue weighted by Gasteiger charge is 2.27. The van der Waals surface area contributed by atoms with E-state index in [1.165, 1.54) is 14.0 Å². The molecule has 1 rings (SSSR count). The fourth-order valence-electron chi connectivity index (χ4n) is 2.07. The van der Waals surface area contributed by atoms with Crippen molar-refractivity contribution in [2.24, 2.45) is 0 Å². The molecule has 0 fully saturated rings. The van der Waals surface area contributed by atoms with Crippen LogP contribution in [0.25, 0.3) is 0 Å². The van der Waals surface area contributed by atoms with Crippen molar-refractivity contribution in [2.75, 3.05) is 24.7 Å². The molecule has 1 unspecified atom stereocenters. The van der Waals surface area contributed by atoms with Gasteiger partial charge in [-0.2, -0.15) is 0 Å². The third-order valence-corrected chi connectivity index (χ3v) is 5.91. The lowest BCUT2D eigenvalue weighted by molar-refractivity contribution is -0.141. The van der Waals surface area contributed by atoms with Gasteiger partial charge in [0.15, 0.2) is 9.84 Å². The molecule has 26 heavy (non-hydrogen) atoms. The van der Waals surface area contributed by atoms with Crippen LogP contribution in [0, 0.1) is 0 Å². The summed E-state index contributed by atoms with van der Waals surface area (Å²) in [6.07, 6.45) is 0.513. The summed E-state index contributed by atoms with van der Waals surface area (Å²) in [5.74, 6) is -1.52. The molecule has 2 N–H and O–H groups in total. The first kappa shape index (κ1) is 21.6. The van der Waals surface area contributed by atoms with Gasteiger partial charge in [-0.1, -0.05) is 19.1 Å². The number of ether oxygens (including phenoxy) is 1. The van der Waals surface area contributed by atoms with E-state index >= 15 is 0 Å². The number of amides is 2. The molecule has 0 heterocycles. The van der Waals surface area contributed by atoms with E-state index in [0.29, 0.717) is 17.7 Å². The fourth-order valence-corrected chi connectivity index (χ4v) is 3.37. The van der Waals surface area contributed by atoms with Crippen molar-refractivity contribution < 1.29 is 27.5 Å². The highest BCUT2D eigenvalue weighted by Crippen LogP contribution is 2.13. The lowest BCUT2D eigenvalue weighted by atomic mass is 10.1. The molecule has 0 spiro atoms. The zero-order chi connectivity index (χ0) is 19.7. The summed E-state index contributed by atoms with van der Waals surface area (Å²) in [5.41, 5.74) is 1.12. The Morgan fingerprint density at radius 2 is 1.77 bits per heavy atom. The first-order valence-electron chi connectivity index (χ1n) is 8.14. The number of hydrogen-bond donors (Lipinski definition) is 2. The van der Waals surface area contributed by atoms with E-state index in [1.54, 1.807) is 31.2 Å². The molecule has 9 heteroatoms. The SMILES string of the molecule is CCCS(=O)(=O)C(C)C(=O)Nc1ccc(CC(=O)NCC(=O)OC)cc1. The molecule has 0 saturated heterocycles. The number of esters is 1. The van der Waals surface area contributed by atoms with Crippen LogP contribution in [0.2, 0.25) is 0 Å².